The Morgan fingerprint density at radius 3 is 2.60 bits per heavy atom. The van der Waals surface area contributed by atoms with Crippen molar-refractivity contribution in [1.29, 1.82) is 0 Å². The molecule has 0 aliphatic carbocycles. The number of rotatable bonds is 4. The van der Waals surface area contributed by atoms with E-state index in [1.807, 2.05) is 0 Å². The number of imidazole rings is 1. The van der Waals surface area contributed by atoms with Crippen LogP contribution in [0.3, 0.4) is 0 Å². The lowest BCUT2D eigenvalue weighted by Gasteiger charge is -2.06. The van der Waals surface area contributed by atoms with Crippen molar-refractivity contribution in [3.8, 4) is 0 Å². The zero-order valence-corrected chi connectivity index (χ0v) is 12.3. The first-order chi connectivity index (χ1) is 9.30. The molecule has 20 heavy (non-hydrogen) atoms. The van der Waals surface area contributed by atoms with Crippen LogP contribution >= 0.6 is 11.8 Å². The van der Waals surface area contributed by atoms with E-state index in [-0.39, 0.29) is 9.79 Å². The summed E-state index contributed by atoms with van der Waals surface area (Å²) in [4.78, 5) is 14.5. The van der Waals surface area contributed by atoms with E-state index < -0.39 is 20.4 Å². The van der Waals surface area contributed by atoms with Crippen LogP contribution in [-0.4, -0.2) is 29.1 Å². The van der Waals surface area contributed by atoms with Gasteiger partial charge in [0, 0.05) is 25.7 Å². The van der Waals surface area contributed by atoms with E-state index >= 15 is 0 Å². The van der Waals surface area contributed by atoms with Crippen LogP contribution in [0.1, 0.15) is 0 Å². The Morgan fingerprint density at radius 2 is 2.10 bits per heavy atom. The fourth-order valence-corrected chi connectivity index (χ4v) is 3.48. The number of aryl methyl sites for hydroxylation is 1. The molecule has 0 N–H and O–H groups in total. The number of hydrogen-bond acceptors (Lipinski definition) is 6. The second-order valence-electron chi connectivity index (χ2n) is 4.05. The van der Waals surface area contributed by atoms with Gasteiger partial charge >= 0.3 is 5.69 Å². The smallest absolute Gasteiger partial charge is 0.301 e. The molecule has 0 aliphatic heterocycles. The van der Waals surface area contributed by atoms with Crippen molar-refractivity contribution in [3.05, 3.63) is 40.7 Å². The van der Waals surface area contributed by atoms with Crippen LogP contribution in [0.25, 0.3) is 0 Å². The molecule has 1 aromatic carbocycles. The first-order valence-electron chi connectivity index (χ1n) is 5.43. The lowest BCUT2D eigenvalue weighted by Crippen LogP contribution is -2.04. The predicted molar refractivity (Wildman–Crippen MR) is 73.5 cm³/mol. The molecule has 1 heterocycles. The zero-order valence-electron chi connectivity index (χ0n) is 10.7. The topological polar surface area (TPSA) is 95.1 Å². The lowest BCUT2D eigenvalue weighted by atomic mass is 10.3. The van der Waals surface area contributed by atoms with Gasteiger partial charge in [0.25, 0.3) is 0 Å². The Labute approximate surface area is 119 Å². The number of aromatic nitrogens is 2. The summed E-state index contributed by atoms with van der Waals surface area (Å²) < 4.78 is 25.0. The highest BCUT2D eigenvalue weighted by atomic mass is 32.2. The maximum Gasteiger partial charge on any atom is 0.301 e. The molecule has 2 rings (SSSR count). The average molecular weight is 313 g/mol. The Bertz CT molecular complexity index is 768. The molecule has 0 bridgehead atoms. The normalized spacial score (nSPS) is 11.5. The first kappa shape index (κ1) is 14.5. The summed E-state index contributed by atoms with van der Waals surface area (Å²) in [6.07, 6.45) is 4.22. The average Bonchev–Trinajstić information content (AvgIpc) is 2.73. The van der Waals surface area contributed by atoms with Gasteiger partial charge in [-0.15, -0.1) is 0 Å². The summed E-state index contributed by atoms with van der Waals surface area (Å²) in [6, 6.07) is 4.22. The second kappa shape index (κ2) is 5.25. The molecule has 106 valence electrons. The van der Waals surface area contributed by atoms with Gasteiger partial charge in [-0.25, -0.2) is 13.4 Å². The van der Waals surface area contributed by atoms with E-state index in [0.29, 0.717) is 5.16 Å². The van der Waals surface area contributed by atoms with Crippen molar-refractivity contribution in [1.82, 2.24) is 9.55 Å². The molecule has 0 spiro atoms. The van der Waals surface area contributed by atoms with E-state index in [1.165, 1.54) is 18.2 Å². The molecule has 0 radical (unpaired) electrons. The molecule has 7 nitrogen and oxygen atoms in total. The summed E-state index contributed by atoms with van der Waals surface area (Å²) >= 11 is 1.05. The van der Waals surface area contributed by atoms with Crippen molar-refractivity contribution >= 4 is 27.3 Å². The van der Waals surface area contributed by atoms with Crippen LogP contribution in [0.2, 0.25) is 0 Å². The highest BCUT2D eigenvalue weighted by Crippen LogP contribution is 2.37. The van der Waals surface area contributed by atoms with Gasteiger partial charge in [0.2, 0.25) is 0 Å². The van der Waals surface area contributed by atoms with E-state index in [4.69, 9.17) is 0 Å². The first-order valence-corrected chi connectivity index (χ1v) is 8.14. The van der Waals surface area contributed by atoms with Gasteiger partial charge < -0.3 is 4.57 Å². The van der Waals surface area contributed by atoms with Gasteiger partial charge in [0.15, 0.2) is 15.0 Å². The van der Waals surface area contributed by atoms with Crippen LogP contribution in [0.15, 0.2) is 45.5 Å². The highest BCUT2D eigenvalue weighted by molar-refractivity contribution is 7.99. The van der Waals surface area contributed by atoms with Gasteiger partial charge in [0.1, 0.15) is 4.90 Å². The highest BCUT2D eigenvalue weighted by Gasteiger charge is 2.27. The zero-order chi connectivity index (χ0) is 14.9. The molecular formula is C11H11N3O4S2. The van der Waals surface area contributed by atoms with Crippen LogP contribution in [0.5, 0.6) is 0 Å². The third kappa shape index (κ3) is 2.83. The quantitative estimate of drug-likeness (QED) is 0.632. The van der Waals surface area contributed by atoms with Gasteiger partial charge in [-0.2, -0.15) is 0 Å². The van der Waals surface area contributed by atoms with E-state index in [0.717, 1.165) is 18.0 Å². The Hall–Kier alpha value is -1.87. The fraction of sp³-hybridized carbons (Fsp3) is 0.182. The van der Waals surface area contributed by atoms with Crippen molar-refractivity contribution in [2.45, 2.75) is 14.9 Å². The summed E-state index contributed by atoms with van der Waals surface area (Å²) in [7, 11) is -1.92. The standard InChI is InChI=1S/C11H11N3O4S2/c1-13-7-6-12-11(13)19-8-4-3-5-9(20(2,17)18)10(8)14(15)16/h3-7H,1-2H3. The minimum atomic E-state index is -3.67. The van der Waals surface area contributed by atoms with E-state index in [9.17, 15) is 18.5 Å². The van der Waals surface area contributed by atoms with Crippen molar-refractivity contribution in [2.75, 3.05) is 6.26 Å². The fourth-order valence-electron chi connectivity index (χ4n) is 1.61. The molecule has 0 fully saturated rings. The molecule has 0 atom stereocenters. The van der Waals surface area contributed by atoms with Crippen LogP contribution in [0, 0.1) is 10.1 Å². The van der Waals surface area contributed by atoms with Crippen LogP contribution in [0.4, 0.5) is 5.69 Å². The molecule has 0 saturated heterocycles. The minimum absolute atomic E-state index is 0.243. The third-order valence-corrected chi connectivity index (χ3v) is 4.78. The molecular weight excluding hydrogens is 302 g/mol. The number of nitrogens with zero attached hydrogens (tertiary/aromatic N) is 3. The summed E-state index contributed by atoms with van der Waals surface area (Å²) in [5.41, 5.74) is -0.414. The SMILES string of the molecule is Cn1ccnc1Sc1cccc(S(C)(=O)=O)c1[N+](=O)[O-]. The Morgan fingerprint density at radius 1 is 1.40 bits per heavy atom. The number of nitro benzene ring substituents is 1. The summed E-state index contributed by atoms with van der Waals surface area (Å²) in [5, 5.41) is 11.7. The van der Waals surface area contributed by atoms with E-state index in [1.54, 1.807) is 24.0 Å². The molecule has 0 saturated carbocycles. The van der Waals surface area contributed by atoms with E-state index in [2.05, 4.69) is 4.98 Å². The number of sulfone groups is 1. The van der Waals surface area contributed by atoms with Crippen LogP contribution < -0.4 is 0 Å². The number of benzene rings is 1. The third-order valence-electron chi connectivity index (χ3n) is 2.52. The summed E-state index contributed by atoms with van der Waals surface area (Å²) in [6.45, 7) is 0. The van der Waals surface area contributed by atoms with Gasteiger partial charge in [0.05, 0.1) is 9.82 Å². The van der Waals surface area contributed by atoms with Crippen molar-refractivity contribution in [2.24, 2.45) is 7.05 Å². The Balaban J connectivity index is 2.60. The molecule has 0 amide bonds. The van der Waals surface area contributed by atoms with Gasteiger partial charge in [-0.1, -0.05) is 6.07 Å². The second-order valence-corrected chi connectivity index (χ2v) is 7.05. The van der Waals surface area contributed by atoms with Crippen molar-refractivity contribution < 1.29 is 13.3 Å². The predicted octanol–water partition coefficient (Wildman–Crippen LogP) is 1.88. The summed E-state index contributed by atoms with van der Waals surface area (Å²) in [5.74, 6) is 0. The number of hydrogen-bond donors (Lipinski definition) is 0. The minimum Gasteiger partial charge on any atom is -0.329 e. The Kier molecular flexibility index (Phi) is 3.82. The lowest BCUT2D eigenvalue weighted by molar-refractivity contribution is -0.390. The molecule has 0 unspecified atom stereocenters. The molecule has 0 aliphatic rings. The molecule has 2 aromatic rings. The number of para-hydroxylation sites is 1. The van der Waals surface area contributed by atoms with Gasteiger partial charge in [-0.05, 0) is 23.9 Å². The maximum atomic E-state index is 11.6. The largest absolute Gasteiger partial charge is 0.329 e. The number of nitro groups is 1. The monoisotopic (exact) mass is 313 g/mol. The van der Waals surface area contributed by atoms with Gasteiger partial charge in [-0.3, -0.25) is 10.1 Å². The molecule has 9 heteroatoms. The van der Waals surface area contributed by atoms with Crippen molar-refractivity contribution in [3.63, 3.8) is 0 Å². The molecule has 1 aromatic heterocycles. The van der Waals surface area contributed by atoms with Crippen LogP contribution in [-0.2, 0) is 16.9 Å². The maximum absolute atomic E-state index is 11.6.